The van der Waals surface area contributed by atoms with Gasteiger partial charge in [0.1, 0.15) is 0 Å². The van der Waals surface area contributed by atoms with Gasteiger partial charge in [0.25, 0.3) is 0 Å². The maximum Gasteiger partial charge on any atom is 0.0159 e. The Morgan fingerprint density at radius 1 is 0.792 bits per heavy atom. The van der Waals surface area contributed by atoms with Gasteiger partial charge in [0.15, 0.2) is 0 Å². The van der Waals surface area contributed by atoms with E-state index in [4.69, 9.17) is 0 Å². The fraction of sp³-hybridized carbons (Fsp3) is 0.333. The summed E-state index contributed by atoms with van der Waals surface area (Å²) in [6.45, 7) is 11.7. The summed E-state index contributed by atoms with van der Waals surface area (Å²) in [5.41, 5.74) is 7.50. The number of fused-ring (bicyclic) bond motifs is 2. The van der Waals surface area contributed by atoms with E-state index in [-0.39, 0.29) is 5.41 Å². The second-order valence-corrected chi connectivity index (χ2v) is 8.96. The van der Waals surface area contributed by atoms with Crippen LogP contribution in [-0.2, 0) is 11.8 Å². The molecule has 0 radical (unpaired) electrons. The predicted octanol–water partition coefficient (Wildman–Crippen LogP) is 6.73. The summed E-state index contributed by atoms with van der Waals surface area (Å²) in [6, 6.07) is 20.5. The first-order valence-corrected chi connectivity index (χ1v) is 8.93. The Bertz CT molecular complexity index is 936. The SMILES string of the molecule is CC(C)(C)Cc1cc2c3c(cccc3c1)-c1ccccc1C2(C)C. The second-order valence-electron chi connectivity index (χ2n) is 8.96. The number of hydrogen-bond acceptors (Lipinski definition) is 0. The van der Waals surface area contributed by atoms with Crippen molar-refractivity contribution in [3.63, 3.8) is 0 Å². The first-order chi connectivity index (χ1) is 11.3. The van der Waals surface area contributed by atoms with Crippen molar-refractivity contribution in [2.75, 3.05) is 0 Å². The van der Waals surface area contributed by atoms with Gasteiger partial charge in [0, 0.05) is 5.41 Å². The molecule has 0 bridgehead atoms. The molecule has 0 heterocycles. The van der Waals surface area contributed by atoms with E-state index in [1.807, 2.05) is 0 Å². The Morgan fingerprint density at radius 2 is 1.50 bits per heavy atom. The Balaban J connectivity index is 2.08. The molecule has 0 spiro atoms. The Hall–Kier alpha value is -2.08. The molecule has 0 aromatic heterocycles. The maximum atomic E-state index is 2.47. The molecule has 0 fully saturated rings. The van der Waals surface area contributed by atoms with Crippen LogP contribution in [-0.4, -0.2) is 0 Å². The molecule has 0 nitrogen and oxygen atoms in total. The second kappa shape index (κ2) is 4.96. The monoisotopic (exact) mass is 314 g/mol. The molecule has 0 N–H and O–H groups in total. The Morgan fingerprint density at radius 3 is 2.25 bits per heavy atom. The summed E-state index contributed by atoms with van der Waals surface area (Å²) < 4.78 is 0. The van der Waals surface area contributed by atoms with E-state index in [2.05, 4.69) is 89.2 Å². The van der Waals surface area contributed by atoms with Gasteiger partial charge >= 0.3 is 0 Å². The smallest absolute Gasteiger partial charge is 0.0159 e. The predicted molar refractivity (Wildman–Crippen MR) is 105 cm³/mol. The van der Waals surface area contributed by atoms with Crippen molar-refractivity contribution in [2.24, 2.45) is 5.41 Å². The summed E-state index contributed by atoms with van der Waals surface area (Å²) >= 11 is 0. The van der Waals surface area contributed by atoms with Gasteiger partial charge in [-0.15, -0.1) is 0 Å². The molecule has 4 rings (SSSR count). The van der Waals surface area contributed by atoms with Gasteiger partial charge in [0.05, 0.1) is 0 Å². The third-order valence-electron chi connectivity index (χ3n) is 5.34. The van der Waals surface area contributed by atoms with Gasteiger partial charge < -0.3 is 0 Å². The zero-order chi connectivity index (χ0) is 17.1. The first kappa shape index (κ1) is 15.4. The molecular formula is C24H26. The largest absolute Gasteiger partial charge is 0.0619 e. The summed E-state index contributed by atoms with van der Waals surface area (Å²) in [5.74, 6) is 0. The minimum Gasteiger partial charge on any atom is -0.0619 e. The van der Waals surface area contributed by atoms with Crippen LogP contribution in [0.25, 0.3) is 21.9 Å². The van der Waals surface area contributed by atoms with Crippen LogP contribution in [0.4, 0.5) is 0 Å². The van der Waals surface area contributed by atoms with Crippen molar-refractivity contribution < 1.29 is 0 Å². The van der Waals surface area contributed by atoms with Crippen LogP contribution in [0.1, 0.15) is 51.3 Å². The van der Waals surface area contributed by atoms with Gasteiger partial charge in [-0.25, -0.2) is 0 Å². The summed E-state index contributed by atoms with van der Waals surface area (Å²) in [5, 5.41) is 2.82. The summed E-state index contributed by atoms with van der Waals surface area (Å²) in [6.07, 6.45) is 1.11. The molecule has 0 aliphatic heterocycles. The van der Waals surface area contributed by atoms with Crippen molar-refractivity contribution in [2.45, 2.75) is 46.5 Å². The zero-order valence-corrected chi connectivity index (χ0v) is 15.4. The maximum absolute atomic E-state index is 2.47. The number of hydrogen-bond donors (Lipinski definition) is 0. The van der Waals surface area contributed by atoms with E-state index < -0.39 is 0 Å². The van der Waals surface area contributed by atoms with Crippen LogP contribution in [0.15, 0.2) is 54.6 Å². The molecule has 3 aromatic carbocycles. The fourth-order valence-corrected chi connectivity index (χ4v) is 4.33. The Kier molecular flexibility index (Phi) is 3.19. The van der Waals surface area contributed by atoms with Crippen LogP contribution < -0.4 is 0 Å². The first-order valence-electron chi connectivity index (χ1n) is 8.93. The summed E-state index contributed by atoms with van der Waals surface area (Å²) in [4.78, 5) is 0. The molecule has 24 heavy (non-hydrogen) atoms. The normalized spacial score (nSPS) is 15.4. The van der Waals surface area contributed by atoms with E-state index in [1.165, 1.54) is 38.6 Å². The molecular weight excluding hydrogens is 288 g/mol. The molecule has 3 aromatic rings. The molecule has 0 heteroatoms. The van der Waals surface area contributed by atoms with Gasteiger partial charge in [-0.2, -0.15) is 0 Å². The topological polar surface area (TPSA) is 0 Å². The number of rotatable bonds is 1. The highest BCUT2D eigenvalue weighted by Crippen LogP contribution is 2.48. The highest BCUT2D eigenvalue weighted by atomic mass is 14.4. The van der Waals surface area contributed by atoms with Crippen LogP contribution in [0.5, 0.6) is 0 Å². The van der Waals surface area contributed by atoms with Crippen molar-refractivity contribution in [3.05, 3.63) is 71.3 Å². The lowest BCUT2D eigenvalue weighted by molar-refractivity contribution is 0.411. The third-order valence-corrected chi connectivity index (χ3v) is 5.34. The quantitative estimate of drug-likeness (QED) is 0.467. The third kappa shape index (κ3) is 2.28. The average Bonchev–Trinajstić information content (AvgIpc) is 2.51. The lowest BCUT2D eigenvalue weighted by Crippen LogP contribution is -2.24. The van der Waals surface area contributed by atoms with E-state index in [0.717, 1.165) is 6.42 Å². The van der Waals surface area contributed by atoms with E-state index in [1.54, 1.807) is 0 Å². The number of benzene rings is 3. The lowest BCUT2D eigenvalue weighted by Gasteiger charge is -2.36. The molecule has 1 aliphatic carbocycles. The zero-order valence-electron chi connectivity index (χ0n) is 15.4. The molecule has 0 amide bonds. The van der Waals surface area contributed by atoms with Crippen LogP contribution >= 0.6 is 0 Å². The van der Waals surface area contributed by atoms with Gasteiger partial charge in [0.2, 0.25) is 0 Å². The van der Waals surface area contributed by atoms with Crippen molar-refractivity contribution in [3.8, 4) is 11.1 Å². The fourth-order valence-electron chi connectivity index (χ4n) is 4.33. The minimum atomic E-state index is 0.0388. The molecule has 0 saturated heterocycles. The van der Waals surface area contributed by atoms with Gasteiger partial charge in [-0.1, -0.05) is 89.2 Å². The van der Waals surface area contributed by atoms with E-state index in [0.29, 0.717) is 5.41 Å². The average molecular weight is 314 g/mol. The van der Waals surface area contributed by atoms with Crippen LogP contribution in [0.3, 0.4) is 0 Å². The highest BCUT2D eigenvalue weighted by molar-refractivity contribution is 6.03. The molecule has 122 valence electrons. The van der Waals surface area contributed by atoms with E-state index >= 15 is 0 Å². The molecule has 1 aliphatic rings. The molecule has 0 atom stereocenters. The van der Waals surface area contributed by atoms with Crippen molar-refractivity contribution >= 4 is 10.8 Å². The van der Waals surface area contributed by atoms with Gasteiger partial charge in [-0.3, -0.25) is 0 Å². The van der Waals surface area contributed by atoms with Crippen LogP contribution in [0.2, 0.25) is 0 Å². The molecule has 0 unspecified atom stereocenters. The van der Waals surface area contributed by atoms with Crippen molar-refractivity contribution in [1.82, 2.24) is 0 Å². The van der Waals surface area contributed by atoms with Crippen LogP contribution in [0, 0.1) is 5.41 Å². The van der Waals surface area contributed by atoms with Gasteiger partial charge in [-0.05, 0) is 50.4 Å². The standard InChI is InChI=1S/C24H26/c1-23(2,3)15-16-13-17-9-8-11-19-18-10-6-7-12-20(18)24(4,5)21(14-16)22(17)19/h6-14H,15H2,1-5H3. The van der Waals surface area contributed by atoms with E-state index in [9.17, 15) is 0 Å². The highest BCUT2D eigenvalue weighted by Gasteiger charge is 2.33. The van der Waals surface area contributed by atoms with Crippen molar-refractivity contribution in [1.29, 1.82) is 0 Å². The Labute approximate surface area is 145 Å². The minimum absolute atomic E-state index is 0.0388. The summed E-state index contributed by atoms with van der Waals surface area (Å²) in [7, 11) is 0. The molecule has 0 saturated carbocycles. The lowest BCUT2D eigenvalue weighted by atomic mass is 9.68.